The molecule has 0 unspecified atom stereocenters. The van der Waals surface area contributed by atoms with E-state index in [0.29, 0.717) is 13.0 Å². The maximum absolute atomic E-state index is 12.2. The standard InChI is InChI=1S/C14H18N4OS/c19-13(17-8-4-15-5-9-17)3-7-18-10-6-16-14(18)12-2-1-11-20-12/h1-2,6,10-11,15H,3-5,7-9H2. The Balaban J connectivity index is 1.61. The highest BCUT2D eigenvalue weighted by atomic mass is 32.1. The van der Waals surface area contributed by atoms with Crippen LogP contribution in [0, 0.1) is 0 Å². The highest BCUT2D eigenvalue weighted by Crippen LogP contribution is 2.23. The molecule has 1 aliphatic heterocycles. The van der Waals surface area contributed by atoms with Gasteiger partial charge < -0.3 is 14.8 Å². The second kappa shape index (κ2) is 6.19. The zero-order chi connectivity index (χ0) is 13.8. The predicted octanol–water partition coefficient (Wildman–Crippen LogP) is 1.43. The summed E-state index contributed by atoms with van der Waals surface area (Å²) >= 11 is 1.67. The van der Waals surface area contributed by atoms with Crippen molar-refractivity contribution in [3.63, 3.8) is 0 Å². The highest BCUT2D eigenvalue weighted by molar-refractivity contribution is 7.13. The molecule has 2 aromatic heterocycles. The Hall–Kier alpha value is -1.66. The van der Waals surface area contributed by atoms with Crippen LogP contribution >= 0.6 is 11.3 Å². The third kappa shape index (κ3) is 2.91. The fourth-order valence-corrected chi connectivity index (χ4v) is 3.15. The zero-order valence-corrected chi connectivity index (χ0v) is 12.1. The van der Waals surface area contributed by atoms with Crippen LogP contribution < -0.4 is 5.32 Å². The second-order valence-corrected chi connectivity index (χ2v) is 5.75. The van der Waals surface area contributed by atoms with E-state index in [0.717, 1.165) is 36.9 Å². The number of piperazine rings is 1. The first-order valence-corrected chi connectivity index (χ1v) is 7.76. The highest BCUT2D eigenvalue weighted by Gasteiger charge is 2.16. The maximum Gasteiger partial charge on any atom is 0.224 e. The van der Waals surface area contributed by atoms with Crippen LogP contribution in [0.25, 0.3) is 10.7 Å². The monoisotopic (exact) mass is 290 g/mol. The first kappa shape index (κ1) is 13.3. The van der Waals surface area contributed by atoms with Crippen LogP contribution in [0.3, 0.4) is 0 Å². The number of amides is 1. The molecule has 0 bridgehead atoms. The Bertz CT molecular complexity index is 558. The van der Waals surface area contributed by atoms with E-state index in [2.05, 4.69) is 20.9 Å². The van der Waals surface area contributed by atoms with Gasteiger partial charge in [-0.05, 0) is 11.4 Å². The van der Waals surface area contributed by atoms with Crippen molar-refractivity contribution in [3.05, 3.63) is 29.9 Å². The Morgan fingerprint density at radius 1 is 1.40 bits per heavy atom. The van der Waals surface area contributed by atoms with Crippen LogP contribution in [0.5, 0.6) is 0 Å². The molecular formula is C14H18N4OS. The average Bonchev–Trinajstić information content (AvgIpc) is 3.16. The predicted molar refractivity (Wildman–Crippen MR) is 79.6 cm³/mol. The molecule has 20 heavy (non-hydrogen) atoms. The van der Waals surface area contributed by atoms with Gasteiger partial charge in [0.2, 0.25) is 5.91 Å². The van der Waals surface area contributed by atoms with E-state index in [1.54, 1.807) is 17.5 Å². The number of imidazole rings is 1. The molecule has 5 nitrogen and oxygen atoms in total. The number of rotatable bonds is 4. The molecule has 0 saturated carbocycles. The molecule has 3 heterocycles. The van der Waals surface area contributed by atoms with Crippen LogP contribution in [0.4, 0.5) is 0 Å². The minimum Gasteiger partial charge on any atom is -0.340 e. The van der Waals surface area contributed by atoms with Crippen molar-refractivity contribution in [2.45, 2.75) is 13.0 Å². The van der Waals surface area contributed by atoms with Gasteiger partial charge in [0.15, 0.2) is 0 Å². The summed E-state index contributed by atoms with van der Waals surface area (Å²) in [4.78, 5) is 19.6. The second-order valence-electron chi connectivity index (χ2n) is 4.80. The van der Waals surface area contributed by atoms with E-state index >= 15 is 0 Å². The zero-order valence-electron chi connectivity index (χ0n) is 11.3. The van der Waals surface area contributed by atoms with E-state index < -0.39 is 0 Å². The van der Waals surface area contributed by atoms with E-state index in [9.17, 15) is 4.79 Å². The quantitative estimate of drug-likeness (QED) is 0.927. The summed E-state index contributed by atoms with van der Waals surface area (Å²) in [6.45, 7) is 4.13. The van der Waals surface area contributed by atoms with Gasteiger partial charge in [0.1, 0.15) is 5.82 Å². The molecule has 1 amide bonds. The minimum absolute atomic E-state index is 0.234. The van der Waals surface area contributed by atoms with Crippen LogP contribution in [-0.4, -0.2) is 46.5 Å². The summed E-state index contributed by atoms with van der Waals surface area (Å²) in [7, 11) is 0. The topological polar surface area (TPSA) is 50.2 Å². The fraction of sp³-hybridized carbons (Fsp3) is 0.429. The summed E-state index contributed by atoms with van der Waals surface area (Å²) < 4.78 is 2.06. The van der Waals surface area contributed by atoms with E-state index in [-0.39, 0.29) is 5.91 Å². The number of aryl methyl sites for hydroxylation is 1. The van der Waals surface area contributed by atoms with Gasteiger partial charge in [-0.3, -0.25) is 4.79 Å². The molecule has 6 heteroatoms. The molecule has 106 valence electrons. The first-order valence-electron chi connectivity index (χ1n) is 6.88. The Morgan fingerprint density at radius 3 is 3.00 bits per heavy atom. The molecular weight excluding hydrogens is 272 g/mol. The van der Waals surface area contributed by atoms with Crippen molar-refractivity contribution < 1.29 is 4.79 Å². The lowest BCUT2D eigenvalue weighted by molar-refractivity contribution is -0.131. The van der Waals surface area contributed by atoms with Gasteiger partial charge in [-0.25, -0.2) is 4.98 Å². The molecule has 0 aliphatic carbocycles. The van der Waals surface area contributed by atoms with Crippen molar-refractivity contribution >= 4 is 17.2 Å². The molecule has 0 radical (unpaired) electrons. The Kier molecular flexibility index (Phi) is 4.13. The third-order valence-corrected chi connectivity index (χ3v) is 4.36. The number of aromatic nitrogens is 2. The number of hydrogen-bond donors (Lipinski definition) is 1. The van der Waals surface area contributed by atoms with Crippen LogP contribution in [-0.2, 0) is 11.3 Å². The average molecular weight is 290 g/mol. The van der Waals surface area contributed by atoms with Crippen LogP contribution in [0.1, 0.15) is 6.42 Å². The molecule has 1 saturated heterocycles. The Labute approximate surface area is 122 Å². The number of nitrogens with one attached hydrogen (secondary N) is 1. The number of nitrogens with zero attached hydrogens (tertiary/aromatic N) is 3. The lowest BCUT2D eigenvalue weighted by atomic mass is 10.3. The van der Waals surface area contributed by atoms with Crippen LogP contribution in [0.15, 0.2) is 29.9 Å². The molecule has 0 spiro atoms. The first-order chi connectivity index (χ1) is 9.84. The van der Waals surface area contributed by atoms with Gasteiger partial charge in [0, 0.05) is 51.5 Å². The van der Waals surface area contributed by atoms with Gasteiger partial charge >= 0.3 is 0 Å². The summed E-state index contributed by atoms with van der Waals surface area (Å²) in [5.74, 6) is 1.19. The number of carbonyl (C=O) groups is 1. The van der Waals surface area contributed by atoms with Crippen molar-refractivity contribution in [2.75, 3.05) is 26.2 Å². The SMILES string of the molecule is O=C(CCn1ccnc1-c1cccs1)N1CCNCC1. The number of carbonyl (C=O) groups excluding carboxylic acids is 1. The molecule has 1 N–H and O–H groups in total. The molecule has 0 atom stereocenters. The van der Waals surface area contributed by atoms with E-state index in [1.807, 2.05) is 22.5 Å². The normalized spacial score (nSPS) is 15.5. The number of thiophene rings is 1. The van der Waals surface area contributed by atoms with Crippen molar-refractivity contribution in [1.29, 1.82) is 0 Å². The minimum atomic E-state index is 0.234. The Morgan fingerprint density at radius 2 is 2.25 bits per heavy atom. The summed E-state index contributed by atoms with van der Waals surface area (Å²) in [5.41, 5.74) is 0. The van der Waals surface area contributed by atoms with Gasteiger partial charge in [0.25, 0.3) is 0 Å². The summed E-state index contributed by atoms with van der Waals surface area (Å²) in [6.07, 6.45) is 4.28. The summed E-state index contributed by atoms with van der Waals surface area (Å²) in [5, 5.41) is 5.30. The lowest BCUT2D eigenvalue weighted by Gasteiger charge is -2.27. The molecule has 1 fully saturated rings. The fourth-order valence-electron chi connectivity index (χ4n) is 2.41. The lowest BCUT2D eigenvalue weighted by Crippen LogP contribution is -2.46. The smallest absolute Gasteiger partial charge is 0.224 e. The van der Waals surface area contributed by atoms with E-state index in [4.69, 9.17) is 0 Å². The largest absolute Gasteiger partial charge is 0.340 e. The van der Waals surface area contributed by atoms with Gasteiger partial charge in [-0.1, -0.05) is 6.07 Å². The van der Waals surface area contributed by atoms with E-state index in [1.165, 1.54) is 0 Å². The molecule has 0 aromatic carbocycles. The summed E-state index contributed by atoms with van der Waals surface area (Å²) in [6, 6.07) is 4.08. The molecule has 1 aliphatic rings. The molecule has 3 rings (SSSR count). The van der Waals surface area contributed by atoms with Gasteiger partial charge in [-0.15, -0.1) is 11.3 Å². The molecule has 2 aromatic rings. The van der Waals surface area contributed by atoms with Crippen LogP contribution in [0.2, 0.25) is 0 Å². The van der Waals surface area contributed by atoms with Crippen molar-refractivity contribution in [3.8, 4) is 10.7 Å². The number of hydrogen-bond acceptors (Lipinski definition) is 4. The van der Waals surface area contributed by atoms with Gasteiger partial charge in [0.05, 0.1) is 4.88 Å². The maximum atomic E-state index is 12.2. The van der Waals surface area contributed by atoms with Gasteiger partial charge in [-0.2, -0.15) is 0 Å². The van der Waals surface area contributed by atoms with Crippen molar-refractivity contribution in [2.24, 2.45) is 0 Å². The third-order valence-electron chi connectivity index (χ3n) is 3.49. The van der Waals surface area contributed by atoms with Crippen molar-refractivity contribution in [1.82, 2.24) is 19.8 Å².